The van der Waals surface area contributed by atoms with Gasteiger partial charge in [0.15, 0.2) is 0 Å². The summed E-state index contributed by atoms with van der Waals surface area (Å²) in [6.45, 7) is 4.72. The topological polar surface area (TPSA) is 73.6 Å². The van der Waals surface area contributed by atoms with Crippen molar-refractivity contribution in [1.82, 2.24) is 0 Å². The number of rotatable bonds is 4. The molecule has 0 aromatic heterocycles. The first-order valence-corrected chi connectivity index (χ1v) is 6.64. The Morgan fingerprint density at radius 2 is 2.25 bits per heavy atom. The summed E-state index contributed by atoms with van der Waals surface area (Å²) in [6, 6.07) is 5.03. The SMILES string of the molecule is COc1ccc(NC2CCOC(C)(C)C2)c([N+](=O)[O-])c1. The van der Waals surface area contributed by atoms with Crippen LogP contribution < -0.4 is 10.1 Å². The minimum atomic E-state index is -0.394. The van der Waals surface area contributed by atoms with Gasteiger partial charge in [-0.25, -0.2) is 0 Å². The molecule has 0 saturated carbocycles. The zero-order valence-electron chi connectivity index (χ0n) is 12.0. The van der Waals surface area contributed by atoms with Gasteiger partial charge in [0.05, 0.1) is 23.7 Å². The van der Waals surface area contributed by atoms with E-state index in [2.05, 4.69) is 5.32 Å². The van der Waals surface area contributed by atoms with Crippen LogP contribution in [0.25, 0.3) is 0 Å². The fourth-order valence-corrected chi connectivity index (χ4v) is 2.49. The molecular formula is C14H20N2O4. The minimum absolute atomic E-state index is 0.0358. The summed E-state index contributed by atoms with van der Waals surface area (Å²) in [5, 5.41) is 14.4. The molecule has 2 rings (SSSR count). The Morgan fingerprint density at radius 3 is 2.85 bits per heavy atom. The van der Waals surface area contributed by atoms with Crippen LogP contribution in [0.4, 0.5) is 11.4 Å². The molecular weight excluding hydrogens is 260 g/mol. The maximum atomic E-state index is 11.1. The van der Waals surface area contributed by atoms with Gasteiger partial charge in [-0.15, -0.1) is 0 Å². The highest BCUT2D eigenvalue weighted by molar-refractivity contribution is 5.64. The van der Waals surface area contributed by atoms with Gasteiger partial charge in [-0.3, -0.25) is 10.1 Å². The minimum Gasteiger partial charge on any atom is -0.496 e. The van der Waals surface area contributed by atoms with E-state index in [9.17, 15) is 10.1 Å². The third kappa shape index (κ3) is 3.39. The maximum Gasteiger partial charge on any atom is 0.296 e. The third-order valence-electron chi connectivity index (χ3n) is 3.46. The normalized spacial score (nSPS) is 21.2. The molecule has 6 nitrogen and oxygen atoms in total. The molecule has 1 heterocycles. The molecule has 20 heavy (non-hydrogen) atoms. The Labute approximate surface area is 118 Å². The summed E-state index contributed by atoms with van der Waals surface area (Å²) < 4.78 is 10.7. The summed E-state index contributed by atoms with van der Waals surface area (Å²) in [5.74, 6) is 0.481. The molecule has 1 atom stereocenters. The maximum absolute atomic E-state index is 11.1. The molecule has 1 fully saturated rings. The third-order valence-corrected chi connectivity index (χ3v) is 3.46. The standard InChI is InChI=1S/C14H20N2O4/c1-14(2)9-10(6-7-20-14)15-12-5-4-11(19-3)8-13(12)16(17)18/h4-5,8,10,15H,6-7,9H2,1-3H3. The van der Waals surface area contributed by atoms with E-state index in [0.717, 1.165) is 12.8 Å². The van der Waals surface area contributed by atoms with Crippen LogP contribution in [-0.2, 0) is 4.74 Å². The average molecular weight is 280 g/mol. The molecule has 0 amide bonds. The number of methoxy groups -OCH3 is 1. The van der Waals surface area contributed by atoms with Crippen molar-refractivity contribution < 1.29 is 14.4 Å². The number of nitrogens with zero attached hydrogens (tertiary/aromatic N) is 1. The number of ether oxygens (including phenoxy) is 2. The molecule has 1 aromatic rings. The molecule has 0 aliphatic carbocycles. The van der Waals surface area contributed by atoms with Crippen molar-refractivity contribution >= 4 is 11.4 Å². The highest BCUT2D eigenvalue weighted by Crippen LogP contribution is 2.32. The first kappa shape index (κ1) is 14.6. The smallest absolute Gasteiger partial charge is 0.296 e. The fourth-order valence-electron chi connectivity index (χ4n) is 2.49. The van der Waals surface area contributed by atoms with E-state index >= 15 is 0 Å². The molecule has 6 heteroatoms. The van der Waals surface area contributed by atoms with Gasteiger partial charge in [0.25, 0.3) is 5.69 Å². The fraction of sp³-hybridized carbons (Fsp3) is 0.571. The van der Waals surface area contributed by atoms with Gasteiger partial charge in [-0.2, -0.15) is 0 Å². The Morgan fingerprint density at radius 1 is 1.50 bits per heavy atom. The van der Waals surface area contributed by atoms with Crippen LogP contribution in [0.1, 0.15) is 26.7 Å². The molecule has 0 spiro atoms. The molecule has 1 N–H and O–H groups in total. The van der Waals surface area contributed by atoms with Gasteiger partial charge in [-0.1, -0.05) is 0 Å². The van der Waals surface area contributed by atoms with Crippen molar-refractivity contribution in [3.05, 3.63) is 28.3 Å². The van der Waals surface area contributed by atoms with Crippen molar-refractivity contribution in [2.75, 3.05) is 19.0 Å². The van der Waals surface area contributed by atoms with Crippen molar-refractivity contribution in [2.24, 2.45) is 0 Å². The predicted molar refractivity (Wildman–Crippen MR) is 76.3 cm³/mol. The summed E-state index contributed by atoms with van der Waals surface area (Å²) in [7, 11) is 1.49. The lowest BCUT2D eigenvalue weighted by Gasteiger charge is -2.36. The van der Waals surface area contributed by atoms with E-state index in [0.29, 0.717) is 18.0 Å². The molecule has 1 saturated heterocycles. The number of nitro groups is 1. The first-order valence-electron chi connectivity index (χ1n) is 6.64. The quantitative estimate of drug-likeness (QED) is 0.678. The Kier molecular flexibility index (Phi) is 4.13. The van der Waals surface area contributed by atoms with E-state index in [1.807, 2.05) is 13.8 Å². The molecule has 110 valence electrons. The number of benzene rings is 1. The van der Waals surface area contributed by atoms with Crippen molar-refractivity contribution in [3.8, 4) is 5.75 Å². The van der Waals surface area contributed by atoms with E-state index in [1.165, 1.54) is 13.2 Å². The number of hydrogen-bond acceptors (Lipinski definition) is 5. The average Bonchev–Trinajstić information content (AvgIpc) is 2.37. The van der Waals surface area contributed by atoms with Gasteiger partial charge in [0.1, 0.15) is 11.4 Å². The monoisotopic (exact) mass is 280 g/mol. The number of nitro benzene ring substituents is 1. The lowest BCUT2D eigenvalue weighted by atomic mass is 9.93. The number of anilines is 1. The van der Waals surface area contributed by atoms with Crippen molar-refractivity contribution in [1.29, 1.82) is 0 Å². The Hall–Kier alpha value is -1.82. The van der Waals surface area contributed by atoms with Crippen LogP contribution in [0.15, 0.2) is 18.2 Å². The van der Waals surface area contributed by atoms with Crippen LogP contribution in [-0.4, -0.2) is 30.3 Å². The van der Waals surface area contributed by atoms with E-state index in [-0.39, 0.29) is 17.3 Å². The second-order valence-electron chi connectivity index (χ2n) is 5.58. The van der Waals surface area contributed by atoms with Crippen molar-refractivity contribution in [3.63, 3.8) is 0 Å². The van der Waals surface area contributed by atoms with Crippen LogP contribution in [0.5, 0.6) is 5.75 Å². The molecule has 1 aliphatic heterocycles. The first-order chi connectivity index (χ1) is 9.41. The zero-order valence-corrected chi connectivity index (χ0v) is 12.0. The van der Waals surface area contributed by atoms with E-state index in [1.54, 1.807) is 12.1 Å². The molecule has 0 bridgehead atoms. The van der Waals surface area contributed by atoms with Crippen LogP contribution in [0, 0.1) is 10.1 Å². The molecule has 0 radical (unpaired) electrons. The molecule has 1 aromatic carbocycles. The second kappa shape index (κ2) is 5.66. The van der Waals surface area contributed by atoms with Crippen LogP contribution >= 0.6 is 0 Å². The number of nitrogens with one attached hydrogen (secondary N) is 1. The van der Waals surface area contributed by atoms with Crippen LogP contribution in [0.2, 0.25) is 0 Å². The van der Waals surface area contributed by atoms with Crippen molar-refractivity contribution in [2.45, 2.75) is 38.3 Å². The van der Waals surface area contributed by atoms with Crippen LogP contribution in [0.3, 0.4) is 0 Å². The summed E-state index contributed by atoms with van der Waals surface area (Å²) in [5.41, 5.74) is 0.365. The van der Waals surface area contributed by atoms with Gasteiger partial charge in [0, 0.05) is 12.6 Å². The largest absolute Gasteiger partial charge is 0.496 e. The zero-order chi connectivity index (χ0) is 14.8. The summed E-state index contributed by atoms with van der Waals surface area (Å²) >= 11 is 0. The Bertz CT molecular complexity index is 502. The highest BCUT2D eigenvalue weighted by Gasteiger charge is 2.30. The van der Waals surface area contributed by atoms with E-state index in [4.69, 9.17) is 9.47 Å². The molecule has 1 aliphatic rings. The lowest BCUT2D eigenvalue weighted by molar-refractivity contribution is -0.384. The van der Waals surface area contributed by atoms with Gasteiger partial charge in [0.2, 0.25) is 0 Å². The molecule has 1 unspecified atom stereocenters. The number of hydrogen-bond donors (Lipinski definition) is 1. The van der Waals surface area contributed by atoms with Gasteiger partial charge >= 0.3 is 0 Å². The lowest BCUT2D eigenvalue weighted by Crippen LogP contribution is -2.40. The Balaban J connectivity index is 2.18. The highest BCUT2D eigenvalue weighted by atomic mass is 16.6. The second-order valence-corrected chi connectivity index (χ2v) is 5.58. The predicted octanol–water partition coefficient (Wildman–Crippen LogP) is 2.97. The summed E-state index contributed by atoms with van der Waals surface area (Å²) in [6.07, 6.45) is 1.66. The summed E-state index contributed by atoms with van der Waals surface area (Å²) in [4.78, 5) is 10.8. The van der Waals surface area contributed by atoms with E-state index < -0.39 is 4.92 Å². The van der Waals surface area contributed by atoms with Gasteiger partial charge in [-0.05, 0) is 38.8 Å². The van der Waals surface area contributed by atoms with Gasteiger partial charge < -0.3 is 14.8 Å².